The number of hydrogen-bond acceptors (Lipinski definition) is 2. The van der Waals surface area contributed by atoms with Gasteiger partial charge < -0.3 is 8.98 Å². The lowest BCUT2D eigenvalue weighted by molar-refractivity contribution is 0.666. The summed E-state index contributed by atoms with van der Waals surface area (Å²) in [5.74, 6) is 0.923. The fourth-order valence-electron chi connectivity index (χ4n) is 7.29. The quantitative estimate of drug-likeness (QED) is 0.201. The third-order valence-electron chi connectivity index (χ3n) is 9.35. The number of furan rings is 1. The summed E-state index contributed by atoms with van der Waals surface area (Å²) >= 11 is 0. The van der Waals surface area contributed by atoms with E-state index in [-0.39, 0.29) is 0 Å². The van der Waals surface area contributed by atoms with Crippen molar-refractivity contribution in [2.75, 3.05) is 0 Å². The van der Waals surface area contributed by atoms with Gasteiger partial charge in [0, 0.05) is 32.8 Å². The van der Waals surface area contributed by atoms with Gasteiger partial charge in [-0.2, -0.15) is 0 Å². The third-order valence-corrected chi connectivity index (χ3v) is 9.35. The fraction of sp³-hybridized carbons (Fsp3) is 0. The van der Waals surface area contributed by atoms with Crippen LogP contribution in [0.15, 0.2) is 168 Å². The highest BCUT2D eigenvalue weighted by Gasteiger charge is 2.20. The van der Waals surface area contributed by atoms with Crippen molar-refractivity contribution in [1.82, 2.24) is 14.1 Å². The number of fused-ring (bicyclic) bond motifs is 7. The van der Waals surface area contributed by atoms with Crippen LogP contribution in [0.2, 0.25) is 0 Å². The minimum Gasteiger partial charge on any atom is -0.454 e. The Morgan fingerprint density at radius 3 is 1.83 bits per heavy atom. The van der Waals surface area contributed by atoms with Gasteiger partial charge in [0.25, 0.3) is 0 Å². The smallest absolute Gasteiger partial charge is 0.159 e. The largest absolute Gasteiger partial charge is 0.454 e. The molecule has 7 aromatic carbocycles. The number of para-hydroxylation sites is 6. The van der Waals surface area contributed by atoms with Gasteiger partial charge in [-0.15, -0.1) is 0 Å². The molecule has 0 bridgehead atoms. The summed E-state index contributed by atoms with van der Waals surface area (Å²) < 4.78 is 11.3. The molecular weight excluding hydrogens is 574 g/mol. The Morgan fingerprint density at radius 1 is 0.447 bits per heavy atom. The Hall–Kier alpha value is -6.39. The first kappa shape index (κ1) is 25.9. The number of imidazole rings is 1. The van der Waals surface area contributed by atoms with Crippen LogP contribution in [-0.4, -0.2) is 14.1 Å². The molecule has 4 nitrogen and oxygen atoms in total. The maximum atomic E-state index is 6.72. The Labute approximate surface area is 270 Å². The first-order valence-corrected chi connectivity index (χ1v) is 15.9. The molecule has 0 amide bonds. The van der Waals surface area contributed by atoms with Crippen molar-refractivity contribution in [3.8, 4) is 33.9 Å². The average Bonchev–Trinajstić information content (AvgIpc) is 3.82. The zero-order valence-electron chi connectivity index (χ0n) is 25.3. The lowest BCUT2D eigenvalue weighted by atomic mass is 9.98. The van der Waals surface area contributed by atoms with Crippen LogP contribution < -0.4 is 0 Å². The van der Waals surface area contributed by atoms with Crippen molar-refractivity contribution < 1.29 is 4.42 Å². The van der Waals surface area contributed by atoms with Crippen molar-refractivity contribution in [3.05, 3.63) is 164 Å². The first-order valence-electron chi connectivity index (χ1n) is 15.9. The van der Waals surface area contributed by atoms with E-state index < -0.39 is 0 Å². The predicted molar refractivity (Wildman–Crippen MR) is 194 cm³/mol. The standard InChI is InChI=1S/C43H27N3O/c1-2-12-30(13-3-1)45-38-21-9-6-18-35(38)44-43(45)29-26-24-28(25-27-29)31-16-11-23-40-41(31)34-17-10-22-39(42(34)47-40)46-36-19-7-4-14-32(36)33-15-5-8-20-37(33)46/h1-27H. The molecule has 0 aliphatic carbocycles. The second kappa shape index (κ2) is 10.1. The van der Waals surface area contributed by atoms with Gasteiger partial charge in [-0.05, 0) is 59.7 Å². The van der Waals surface area contributed by atoms with E-state index in [4.69, 9.17) is 9.40 Å². The Kier molecular flexibility index (Phi) is 5.54. The van der Waals surface area contributed by atoms with Crippen molar-refractivity contribution in [2.45, 2.75) is 0 Å². The number of aromatic nitrogens is 3. The van der Waals surface area contributed by atoms with E-state index in [0.29, 0.717) is 0 Å². The lowest BCUT2D eigenvalue weighted by Crippen LogP contribution is -1.97. The molecule has 47 heavy (non-hydrogen) atoms. The third kappa shape index (κ3) is 3.85. The molecule has 10 aromatic rings. The van der Waals surface area contributed by atoms with Crippen LogP contribution in [-0.2, 0) is 0 Å². The van der Waals surface area contributed by atoms with Crippen LogP contribution in [0.1, 0.15) is 0 Å². The van der Waals surface area contributed by atoms with E-state index in [9.17, 15) is 0 Å². The van der Waals surface area contributed by atoms with Gasteiger partial charge in [-0.25, -0.2) is 4.98 Å². The Morgan fingerprint density at radius 2 is 1.06 bits per heavy atom. The van der Waals surface area contributed by atoms with Gasteiger partial charge >= 0.3 is 0 Å². The fourth-order valence-corrected chi connectivity index (χ4v) is 7.29. The molecule has 0 spiro atoms. The summed E-state index contributed by atoms with van der Waals surface area (Å²) in [5.41, 5.74) is 11.6. The summed E-state index contributed by atoms with van der Waals surface area (Å²) in [7, 11) is 0. The molecule has 4 heteroatoms. The molecule has 0 atom stereocenters. The maximum Gasteiger partial charge on any atom is 0.159 e. The molecule has 220 valence electrons. The molecule has 0 N–H and O–H groups in total. The van der Waals surface area contributed by atoms with Crippen LogP contribution in [0.25, 0.3) is 88.7 Å². The summed E-state index contributed by atoms with van der Waals surface area (Å²) in [6.07, 6.45) is 0. The minimum absolute atomic E-state index is 0.876. The summed E-state index contributed by atoms with van der Waals surface area (Å²) in [6, 6.07) is 57.6. The number of rotatable bonds is 4. The van der Waals surface area contributed by atoms with Gasteiger partial charge in [-0.3, -0.25) is 4.57 Å². The second-order valence-corrected chi connectivity index (χ2v) is 12.0. The highest BCUT2D eigenvalue weighted by molar-refractivity contribution is 6.16. The molecule has 0 radical (unpaired) electrons. The summed E-state index contributed by atoms with van der Waals surface area (Å²) in [6.45, 7) is 0. The maximum absolute atomic E-state index is 6.72. The summed E-state index contributed by atoms with van der Waals surface area (Å²) in [5, 5.41) is 4.69. The summed E-state index contributed by atoms with van der Waals surface area (Å²) in [4.78, 5) is 5.07. The van der Waals surface area contributed by atoms with Gasteiger partial charge in [0.05, 0.1) is 27.8 Å². The topological polar surface area (TPSA) is 35.9 Å². The molecule has 0 saturated heterocycles. The molecular formula is C43H27N3O. The van der Waals surface area contributed by atoms with E-state index >= 15 is 0 Å². The Bertz CT molecular complexity index is 2730. The van der Waals surface area contributed by atoms with Gasteiger partial charge in [-0.1, -0.05) is 115 Å². The van der Waals surface area contributed by atoms with Crippen molar-refractivity contribution in [2.24, 2.45) is 0 Å². The number of hydrogen-bond donors (Lipinski definition) is 0. The molecule has 0 fully saturated rings. The van der Waals surface area contributed by atoms with E-state index in [2.05, 4.69) is 161 Å². The second-order valence-electron chi connectivity index (χ2n) is 12.0. The van der Waals surface area contributed by atoms with Crippen LogP contribution in [0.4, 0.5) is 0 Å². The van der Waals surface area contributed by atoms with Crippen molar-refractivity contribution in [1.29, 1.82) is 0 Å². The van der Waals surface area contributed by atoms with E-state index in [1.807, 2.05) is 12.1 Å². The molecule has 0 aliphatic heterocycles. The van der Waals surface area contributed by atoms with Gasteiger partial charge in [0.1, 0.15) is 11.4 Å². The monoisotopic (exact) mass is 601 g/mol. The zero-order valence-corrected chi connectivity index (χ0v) is 25.3. The van der Waals surface area contributed by atoms with Crippen LogP contribution >= 0.6 is 0 Å². The highest BCUT2D eigenvalue weighted by atomic mass is 16.3. The zero-order chi connectivity index (χ0) is 30.9. The van der Waals surface area contributed by atoms with E-state index in [1.54, 1.807) is 0 Å². The number of benzene rings is 7. The lowest BCUT2D eigenvalue weighted by Gasteiger charge is -2.10. The normalized spacial score (nSPS) is 11.8. The van der Waals surface area contributed by atoms with Crippen LogP contribution in [0.3, 0.4) is 0 Å². The molecule has 10 rings (SSSR count). The first-order chi connectivity index (χ1) is 23.3. The minimum atomic E-state index is 0.876. The average molecular weight is 602 g/mol. The van der Waals surface area contributed by atoms with Crippen molar-refractivity contribution >= 4 is 54.8 Å². The van der Waals surface area contributed by atoms with Crippen molar-refractivity contribution in [3.63, 3.8) is 0 Å². The van der Waals surface area contributed by atoms with Gasteiger partial charge in [0.15, 0.2) is 5.58 Å². The molecule has 3 heterocycles. The number of nitrogens with zero attached hydrogens (tertiary/aromatic N) is 3. The molecule has 0 unspecified atom stereocenters. The van der Waals surface area contributed by atoms with Gasteiger partial charge in [0.2, 0.25) is 0 Å². The molecule has 3 aromatic heterocycles. The van der Waals surface area contributed by atoms with Crippen LogP contribution in [0, 0.1) is 0 Å². The van der Waals surface area contributed by atoms with E-state index in [1.165, 1.54) is 21.8 Å². The predicted octanol–water partition coefficient (Wildman–Crippen LogP) is 11.4. The van der Waals surface area contributed by atoms with Crippen LogP contribution in [0.5, 0.6) is 0 Å². The highest BCUT2D eigenvalue weighted by Crippen LogP contribution is 2.41. The molecule has 0 aliphatic rings. The van der Waals surface area contributed by atoms with E-state index in [0.717, 1.165) is 66.9 Å². The SMILES string of the molecule is c1ccc(-n2c(-c3ccc(-c4cccc5oc6c(-n7c8ccccc8c8ccccc87)cccc6c45)cc3)nc3ccccc32)cc1. The Balaban J connectivity index is 1.14. The molecule has 0 saturated carbocycles.